The van der Waals surface area contributed by atoms with Crippen molar-refractivity contribution in [3.63, 3.8) is 0 Å². The second-order valence-electron chi connectivity index (χ2n) is 4.94. The van der Waals surface area contributed by atoms with Crippen molar-refractivity contribution in [2.24, 2.45) is 5.92 Å². The van der Waals surface area contributed by atoms with Crippen molar-refractivity contribution in [2.75, 3.05) is 0 Å². The Morgan fingerprint density at radius 1 is 1.30 bits per heavy atom. The van der Waals surface area contributed by atoms with Crippen LogP contribution in [0.25, 0.3) is 0 Å². The lowest BCUT2D eigenvalue weighted by Crippen LogP contribution is -2.45. The van der Waals surface area contributed by atoms with E-state index in [0.717, 1.165) is 12.8 Å². The largest absolute Gasteiger partial charge is 0.481 e. The highest BCUT2D eigenvalue weighted by Crippen LogP contribution is 2.25. The maximum atomic E-state index is 13.1. The van der Waals surface area contributed by atoms with Gasteiger partial charge in [-0.2, -0.15) is 0 Å². The Morgan fingerprint density at radius 3 is 2.65 bits per heavy atom. The number of aliphatic carboxylic acids is 1. The summed E-state index contributed by atoms with van der Waals surface area (Å²) in [6, 6.07) is 3.61. The minimum atomic E-state index is -0.879. The average molecular weight is 344 g/mol. The molecule has 0 radical (unpaired) electrons. The van der Waals surface area contributed by atoms with Gasteiger partial charge in [0.25, 0.3) is 5.91 Å². The first-order valence-electron chi connectivity index (χ1n) is 6.48. The molecule has 0 saturated heterocycles. The average Bonchev–Trinajstić information content (AvgIpc) is 2.42. The third kappa shape index (κ3) is 3.36. The summed E-state index contributed by atoms with van der Waals surface area (Å²) in [5.74, 6) is -2.24. The van der Waals surface area contributed by atoms with E-state index in [1.54, 1.807) is 0 Å². The summed E-state index contributed by atoms with van der Waals surface area (Å²) in [5, 5.41) is 11.9. The van der Waals surface area contributed by atoms with Crippen molar-refractivity contribution in [2.45, 2.75) is 31.7 Å². The number of carbonyl (C=O) groups is 2. The van der Waals surface area contributed by atoms with Crippen LogP contribution < -0.4 is 5.32 Å². The van der Waals surface area contributed by atoms with Crippen molar-refractivity contribution < 1.29 is 19.1 Å². The van der Waals surface area contributed by atoms with Crippen LogP contribution in [-0.4, -0.2) is 23.0 Å². The Morgan fingerprint density at radius 2 is 2.00 bits per heavy atom. The standard InChI is InChI=1S/C14H15BrFNO3/c15-10-7-8(5-6-11(10)16)13(18)17-12-4-2-1-3-9(12)14(19)20/h5-7,9,12H,1-4H2,(H,17,18)(H,19,20). The monoisotopic (exact) mass is 343 g/mol. The maximum Gasteiger partial charge on any atom is 0.308 e. The molecule has 0 aromatic heterocycles. The van der Waals surface area contributed by atoms with Gasteiger partial charge in [0.05, 0.1) is 10.4 Å². The number of rotatable bonds is 3. The summed E-state index contributed by atoms with van der Waals surface area (Å²) >= 11 is 3.03. The summed E-state index contributed by atoms with van der Waals surface area (Å²) in [7, 11) is 0. The van der Waals surface area contributed by atoms with Crippen molar-refractivity contribution in [3.05, 3.63) is 34.1 Å². The van der Waals surface area contributed by atoms with Gasteiger partial charge in [0.2, 0.25) is 0 Å². The minimum Gasteiger partial charge on any atom is -0.481 e. The highest BCUT2D eigenvalue weighted by molar-refractivity contribution is 9.10. The van der Waals surface area contributed by atoms with Crippen LogP contribution in [0.1, 0.15) is 36.0 Å². The lowest BCUT2D eigenvalue weighted by atomic mass is 9.84. The molecule has 2 rings (SSSR count). The number of hydrogen-bond acceptors (Lipinski definition) is 2. The minimum absolute atomic E-state index is 0.212. The molecule has 1 saturated carbocycles. The number of benzene rings is 1. The summed E-state index contributed by atoms with van der Waals surface area (Å²) in [5.41, 5.74) is 0.313. The molecule has 1 amide bonds. The summed E-state index contributed by atoms with van der Waals surface area (Å²) in [4.78, 5) is 23.3. The third-order valence-electron chi connectivity index (χ3n) is 3.58. The Hall–Kier alpha value is -1.43. The van der Waals surface area contributed by atoms with Crippen molar-refractivity contribution in [1.82, 2.24) is 5.32 Å². The molecule has 0 aliphatic heterocycles. The van der Waals surface area contributed by atoms with E-state index in [-0.39, 0.29) is 16.4 Å². The van der Waals surface area contributed by atoms with E-state index < -0.39 is 17.7 Å². The quantitative estimate of drug-likeness (QED) is 0.886. The van der Waals surface area contributed by atoms with Crippen LogP contribution in [0.15, 0.2) is 22.7 Å². The maximum absolute atomic E-state index is 13.1. The number of carbonyl (C=O) groups excluding carboxylic acids is 1. The van der Waals surface area contributed by atoms with Crippen molar-refractivity contribution in [3.8, 4) is 0 Å². The van der Waals surface area contributed by atoms with Gasteiger partial charge in [-0.05, 0) is 47.0 Å². The molecule has 108 valence electrons. The highest BCUT2D eigenvalue weighted by Gasteiger charge is 2.32. The first-order chi connectivity index (χ1) is 9.49. The summed E-state index contributed by atoms with van der Waals surface area (Å²) in [6.45, 7) is 0. The molecular weight excluding hydrogens is 329 g/mol. The summed E-state index contributed by atoms with van der Waals surface area (Å²) < 4.78 is 13.3. The number of hydrogen-bond donors (Lipinski definition) is 2. The van der Waals surface area contributed by atoms with Crippen LogP contribution in [0.4, 0.5) is 4.39 Å². The zero-order valence-corrected chi connectivity index (χ0v) is 12.3. The number of amides is 1. The molecular formula is C14H15BrFNO3. The normalized spacial score (nSPS) is 22.3. The number of carboxylic acid groups (broad SMARTS) is 1. The first kappa shape index (κ1) is 15.0. The highest BCUT2D eigenvalue weighted by atomic mass is 79.9. The zero-order chi connectivity index (χ0) is 14.7. The molecule has 2 unspecified atom stereocenters. The van der Waals surface area contributed by atoms with Gasteiger partial charge >= 0.3 is 5.97 Å². The lowest BCUT2D eigenvalue weighted by Gasteiger charge is -2.29. The second-order valence-corrected chi connectivity index (χ2v) is 5.79. The van der Waals surface area contributed by atoms with Crippen LogP contribution >= 0.6 is 15.9 Å². The van der Waals surface area contributed by atoms with Crippen LogP contribution in [0.5, 0.6) is 0 Å². The van der Waals surface area contributed by atoms with E-state index in [0.29, 0.717) is 18.4 Å². The number of carboxylic acids is 1. The Bertz CT molecular complexity index is 535. The second kappa shape index (κ2) is 6.35. The first-order valence-corrected chi connectivity index (χ1v) is 7.27. The van der Waals surface area contributed by atoms with Gasteiger partial charge < -0.3 is 10.4 Å². The predicted octanol–water partition coefficient (Wildman–Crippen LogP) is 2.96. The third-order valence-corrected chi connectivity index (χ3v) is 4.19. The lowest BCUT2D eigenvalue weighted by molar-refractivity contribution is -0.143. The molecule has 1 aliphatic carbocycles. The molecule has 1 aromatic carbocycles. The molecule has 6 heteroatoms. The van der Waals surface area contributed by atoms with Gasteiger partial charge in [0, 0.05) is 11.6 Å². The molecule has 4 nitrogen and oxygen atoms in total. The van der Waals surface area contributed by atoms with Gasteiger partial charge in [-0.1, -0.05) is 12.8 Å². The summed E-state index contributed by atoms with van der Waals surface area (Å²) in [6.07, 6.45) is 3.01. The smallest absolute Gasteiger partial charge is 0.308 e. The van der Waals surface area contributed by atoms with Gasteiger partial charge in [-0.3, -0.25) is 9.59 Å². The Kier molecular flexibility index (Phi) is 4.75. The number of nitrogens with one attached hydrogen (secondary N) is 1. The van der Waals surface area contributed by atoms with E-state index >= 15 is 0 Å². The SMILES string of the molecule is O=C(NC1CCCCC1C(=O)O)c1ccc(F)c(Br)c1. The van der Waals surface area contributed by atoms with Gasteiger partial charge in [0.1, 0.15) is 5.82 Å². The van der Waals surface area contributed by atoms with Crippen LogP contribution in [-0.2, 0) is 4.79 Å². The molecule has 1 aromatic rings. The predicted molar refractivity (Wildman–Crippen MR) is 74.9 cm³/mol. The van der Waals surface area contributed by atoms with E-state index in [4.69, 9.17) is 5.11 Å². The van der Waals surface area contributed by atoms with Gasteiger partial charge in [-0.25, -0.2) is 4.39 Å². The van der Waals surface area contributed by atoms with E-state index in [1.165, 1.54) is 18.2 Å². The van der Waals surface area contributed by atoms with Gasteiger partial charge in [0.15, 0.2) is 0 Å². The fraction of sp³-hybridized carbons (Fsp3) is 0.429. The van der Waals surface area contributed by atoms with Crippen LogP contribution in [0.2, 0.25) is 0 Å². The van der Waals surface area contributed by atoms with Crippen LogP contribution in [0, 0.1) is 11.7 Å². The van der Waals surface area contributed by atoms with Gasteiger partial charge in [-0.15, -0.1) is 0 Å². The molecule has 20 heavy (non-hydrogen) atoms. The molecule has 0 spiro atoms. The molecule has 2 atom stereocenters. The van der Waals surface area contributed by atoms with E-state index in [9.17, 15) is 14.0 Å². The number of halogens is 2. The van der Waals surface area contributed by atoms with Crippen molar-refractivity contribution >= 4 is 27.8 Å². The fourth-order valence-corrected chi connectivity index (χ4v) is 2.87. The topological polar surface area (TPSA) is 66.4 Å². The van der Waals surface area contributed by atoms with Crippen molar-refractivity contribution in [1.29, 1.82) is 0 Å². The van der Waals surface area contributed by atoms with E-state index in [1.807, 2.05) is 0 Å². The Balaban J connectivity index is 2.09. The van der Waals surface area contributed by atoms with E-state index in [2.05, 4.69) is 21.2 Å². The fourth-order valence-electron chi connectivity index (χ4n) is 2.49. The molecule has 1 aliphatic rings. The molecule has 0 heterocycles. The zero-order valence-electron chi connectivity index (χ0n) is 10.7. The Labute approximate surface area is 124 Å². The molecule has 1 fully saturated rings. The van der Waals surface area contributed by atoms with Crippen LogP contribution in [0.3, 0.4) is 0 Å². The molecule has 2 N–H and O–H groups in total. The molecule has 0 bridgehead atoms.